The summed E-state index contributed by atoms with van der Waals surface area (Å²) in [5.41, 5.74) is 2.03. The minimum atomic E-state index is -0.715. The maximum Gasteiger partial charge on any atom is 0.375 e. The van der Waals surface area contributed by atoms with Crippen LogP contribution < -0.4 is 10.3 Å². The zero-order chi connectivity index (χ0) is 26.3. The van der Waals surface area contributed by atoms with Gasteiger partial charge in [-0.3, -0.25) is 4.79 Å². The fraction of sp³-hybridized carbons (Fsp3) is 0.414. The van der Waals surface area contributed by atoms with Gasteiger partial charge >= 0.3 is 5.97 Å². The Kier molecular flexibility index (Phi) is 7.05. The highest BCUT2D eigenvalue weighted by Gasteiger charge is 2.33. The molecule has 1 aliphatic heterocycles. The van der Waals surface area contributed by atoms with Gasteiger partial charge in [0.2, 0.25) is 11.2 Å². The number of aryl methyl sites for hydroxylation is 1. The van der Waals surface area contributed by atoms with Crippen LogP contribution in [0.3, 0.4) is 0 Å². The Balaban J connectivity index is 1.79. The third-order valence-corrected chi connectivity index (χ3v) is 8.65. The standard InChI is InChI=1S/C29H32N2O5S/c1-5-18-14-19-25(33)23(28-30-21-12-7-8-13-22(21)37-28)27(29(34)35-6-2)36-26(19)20(24(18)32)15-31-16(3)10-9-11-17(31)4/h7-8,12-14,16-17,32H,5-6,9-11,15H2,1-4H3/p+1/t16-,17-/m1/s1. The molecule has 0 radical (unpaired) electrons. The molecule has 4 aromatic rings. The van der Waals surface area contributed by atoms with Gasteiger partial charge in [-0.1, -0.05) is 19.1 Å². The number of quaternary nitrogens is 1. The molecule has 7 nitrogen and oxygen atoms in total. The summed E-state index contributed by atoms with van der Waals surface area (Å²) in [5.74, 6) is -0.746. The molecule has 3 heterocycles. The van der Waals surface area contributed by atoms with Gasteiger partial charge in [0.25, 0.3) is 0 Å². The zero-order valence-corrected chi connectivity index (χ0v) is 22.5. The molecular formula is C29H33N2O5S+. The summed E-state index contributed by atoms with van der Waals surface area (Å²) in [7, 11) is 0. The van der Waals surface area contributed by atoms with Gasteiger partial charge in [0.15, 0.2) is 5.58 Å². The molecule has 194 valence electrons. The number of carbonyl (C=O) groups is 1. The number of benzene rings is 2. The quantitative estimate of drug-likeness (QED) is 0.352. The Labute approximate surface area is 219 Å². The second-order valence-electron chi connectivity index (χ2n) is 9.92. The van der Waals surface area contributed by atoms with E-state index in [0.29, 0.717) is 46.6 Å². The molecule has 0 saturated carbocycles. The highest BCUT2D eigenvalue weighted by atomic mass is 32.1. The first-order valence-corrected chi connectivity index (χ1v) is 13.9. The summed E-state index contributed by atoms with van der Waals surface area (Å²) in [6.45, 7) is 8.75. The second kappa shape index (κ2) is 10.3. The van der Waals surface area contributed by atoms with E-state index in [1.807, 2.05) is 31.2 Å². The number of hydrogen-bond donors (Lipinski definition) is 2. The van der Waals surface area contributed by atoms with Gasteiger partial charge in [-0.25, -0.2) is 9.78 Å². The fourth-order valence-corrected chi connectivity index (χ4v) is 6.54. The average Bonchev–Trinajstić information content (AvgIpc) is 3.31. The fourth-order valence-electron chi connectivity index (χ4n) is 5.53. The van der Waals surface area contributed by atoms with Crippen LogP contribution in [0.1, 0.15) is 68.6 Å². The highest BCUT2D eigenvalue weighted by molar-refractivity contribution is 7.21. The first-order valence-electron chi connectivity index (χ1n) is 13.1. The summed E-state index contributed by atoms with van der Waals surface area (Å²) in [6.07, 6.45) is 3.95. The van der Waals surface area contributed by atoms with Crippen LogP contribution in [0.15, 0.2) is 39.5 Å². The van der Waals surface area contributed by atoms with Gasteiger partial charge in [0.05, 0.1) is 39.9 Å². The average molecular weight is 522 g/mol. The molecule has 2 atom stereocenters. The van der Waals surface area contributed by atoms with Crippen molar-refractivity contribution in [2.24, 2.45) is 0 Å². The number of thiazole rings is 1. The Morgan fingerprint density at radius 2 is 1.95 bits per heavy atom. The Hall–Kier alpha value is -3.23. The van der Waals surface area contributed by atoms with Crippen molar-refractivity contribution >= 4 is 38.5 Å². The number of para-hydroxylation sites is 1. The first-order chi connectivity index (χ1) is 17.8. The summed E-state index contributed by atoms with van der Waals surface area (Å²) in [6, 6.07) is 10.1. The molecule has 8 heteroatoms. The number of piperidine rings is 1. The summed E-state index contributed by atoms with van der Waals surface area (Å²) in [5, 5.41) is 12.1. The van der Waals surface area contributed by atoms with Crippen molar-refractivity contribution in [2.75, 3.05) is 6.61 Å². The number of aromatic nitrogens is 1. The normalized spacial score (nSPS) is 18.5. The van der Waals surface area contributed by atoms with Crippen molar-refractivity contribution < 1.29 is 24.0 Å². The van der Waals surface area contributed by atoms with Crippen LogP contribution >= 0.6 is 11.3 Å². The van der Waals surface area contributed by atoms with Crippen LogP contribution in [0.25, 0.3) is 31.8 Å². The van der Waals surface area contributed by atoms with E-state index in [2.05, 4.69) is 18.8 Å². The van der Waals surface area contributed by atoms with E-state index in [0.717, 1.165) is 23.1 Å². The van der Waals surface area contributed by atoms with Crippen LogP contribution in [0.5, 0.6) is 5.75 Å². The predicted molar refractivity (Wildman–Crippen MR) is 146 cm³/mol. The molecule has 0 amide bonds. The van der Waals surface area contributed by atoms with Gasteiger partial charge in [0, 0.05) is 0 Å². The second-order valence-corrected chi connectivity index (χ2v) is 11.0. The molecule has 37 heavy (non-hydrogen) atoms. The summed E-state index contributed by atoms with van der Waals surface area (Å²) >= 11 is 1.34. The lowest BCUT2D eigenvalue weighted by molar-refractivity contribution is -0.964. The predicted octanol–water partition coefficient (Wildman–Crippen LogP) is 4.86. The molecule has 2 aromatic carbocycles. The molecule has 5 rings (SSSR count). The number of phenols is 1. The number of fused-ring (bicyclic) bond motifs is 2. The Morgan fingerprint density at radius 1 is 1.22 bits per heavy atom. The number of phenolic OH excluding ortho intramolecular Hbond substituents is 1. The molecule has 2 aromatic heterocycles. The topological polar surface area (TPSA) is 94.1 Å². The molecule has 1 fully saturated rings. The van der Waals surface area contributed by atoms with Crippen molar-refractivity contribution in [3.8, 4) is 16.3 Å². The summed E-state index contributed by atoms with van der Waals surface area (Å²) < 4.78 is 12.5. The van der Waals surface area contributed by atoms with E-state index >= 15 is 0 Å². The number of nitrogens with zero attached hydrogens (tertiary/aromatic N) is 1. The molecular weight excluding hydrogens is 488 g/mol. The van der Waals surface area contributed by atoms with Crippen molar-refractivity contribution in [3.05, 3.63) is 57.4 Å². The number of nitrogens with one attached hydrogen (secondary N) is 1. The van der Waals surface area contributed by atoms with E-state index in [1.165, 1.54) is 22.7 Å². The van der Waals surface area contributed by atoms with Gasteiger partial charge in [-0.2, -0.15) is 0 Å². The third-order valence-electron chi connectivity index (χ3n) is 7.60. The number of likely N-dealkylation sites (tertiary alicyclic amines) is 1. The molecule has 2 N–H and O–H groups in total. The first kappa shape index (κ1) is 25.4. The molecule has 0 aliphatic carbocycles. The number of carbonyl (C=O) groups excluding carboxylic acids is 1. The van der Waals surface area contributed by atoms with Crippen molar-refractivity contribution in [1.82, 2.24) is 4.98 Å². The van der Waals surface area contributed by atoms with Crippen molar-refractivity contribution in [1.29, 1.82) is 0 Å². The van der Waals surface area contributed by atoms with E-state index in [9.17, 15) is 14.7 Å². The summed E-state index contributed by atoms with van der Waals surface area (Å²) in [4.78, 5) is 33.2. The van der Waals surface area contributed by atoms with Crippen molar-refractivity contribution in [2.45, 2.75) is 72.0 Å². The van der Waals surface area contributed by atoms with Gasteiger partial charge < -0.3 is 19.2 Å². The van der Waals surface area contributed by atoms with Gasteiger partial charge in [-0.15, -0.1) is 11.3 Å². The van der Waals surface area contributed by atoms with Crippen molar-refractivity contribution in [3.63, 3.8) is 0 Å². The van der Waals surface area contributed by atoms with Crippen LogP contribution in [0.4, 0.5) is 0 Å². The lowest BCUT2D eigenvalue weighted by Crippen LogP contribution is -3.18. The van der Waals surface area contributed by atoms with Crippen LogP contribution in [-0.2, 0) is 17.7 Å². The molecule has 1 aliphatic rings. The van der Waals surface area contributed by atoms with E-state index in [1.54, 1.807) is 13.0 Å². The highest BCUT2D eigenvalue weighted by Crippen LogP contribution is 2.36. The lowest BCUT2D eigenvalue weighted by Gasteiger charge is -2.36. The monoisotopic (exact) mass is 521 g/mol. The number of aromatic hydroxyl groups is 1. The maximum atomic E-state index is 14.1. The SMILES string of the molecule is CCOC(=O)c1oc2c(C[NH+]3[C@H](C)CCC[C@H]3C)c(O)c(CC)cc2c(=O)c1-c1nc2ccccc2s1. The minimum absolute atomic E-state index is 0.109. The number of hydrogen-bond acceptors (Lipinski definition) is 7. The zero-order valence-electron chi connectivity index (χ0n) is 21.7. The lowest BCUT2D eigenvalue weighted by atomic mass is 9.95. The molecule has 0 unspecified atom stereocenters. The third kappa shape index (κ3) is 4.53. The van der Waals surface area contributed by atoms with Crippen LogP contribution in [0, 0.1) is 0 Å². The smallest absolute Gasteiger partial charge is 0.375 e. The maximum absolute atomic E-state index is 14.1. The number of rotatable bonds is 6. The van der Waals surface area contributed by atoms with E-state index in [-0.39, 0.29) is 34.7 Å². The van der Waals surface area contributed by atoms with Crippen LogP contribution in [0.2, 0.25) is 0 Å². The number of ether oxygens (including phenoxy) is 1. The largest absolute Gasteiger partial charge is 0.507 e. The molecule has 0 spiro atoms. The van der Waals surface area contributed by atoms with Crippen LogP contribution in [-0.4, -0.2) is 34.8 Å². The Morgan fingerprint density at radius 3 is 2.62 bits per heavy atom. The van der Waals surface area contributed by atoms with E-state index in [4.69, 9.17) is 9.15 Å². The number of esters is 1. The molecule has 0 bridgehead atoms. The minimum Gasteiger partial charge on any atom is -0.507 e. The Bertz CT molecular complexity index is 1500. The van der Waals surface area contributed by atoms with Gasteiger partial charge in [0.1, 0.15) is 22.9 Å². The van der Waals surface area contributed by atoms with Gasteiger partial charge in [-0.05, 0) is 70.2 Å². The van der Waals surface area contributed by atoms with E-state index < -0.39 is 5.97 Å². The molecule has 1 saturated heterocycles.